The Labute approximate surface area is 169 Å². The van der Waals surface area contributed by atoms with Crippen molar-refractivity contribution < 1.29 is 9.53 Å². The Hall–Kier alpha value is -2.31. The number of hydrogen-bond acceptors (Lipinski definition) is 3. The number of carbonyl (C=O) groups excluding carboxylic acids is 1. The zero-order chi connectivity index (χ0) is 19.2. The Morgan fingerprint density at radius 2 is 1.89 bits per heavy atom. The summed E-state index contributed by atoms with van der Waals surface area (Å²) in [4.78, 5) is 12.2. The van der Waals surface area contributed by atoms with E-state index in [0.29, 0.717) is 22.4 Å². The molecule has 7 heteroatoms. The molecule has 0 unspecified atom stereocenters. The minimum Gasteiger partial charge on any atom is -0.481 e. The van der Waals surface area contributed by atoms with Crippen LogP contribution in [0.5, 0.6) is 5.75 Å². The van der Waals surface area contributed by atoms with Gasteiger partial charge in [0.05, 0.1) is 0 Å². The second kappa shape index (κ2) is 9.06. The number of hydrazine groups is 1. The van der Waals surface area contributed by atoms with Crippen LogP contribution in [0, 0.1) is 0 Å². The van der Waals surface area contributed by atoms with Gasteiger partial charge in [0, 0.05) is 11.6 Å². The summed E-state index contributed by atoms with van der Waals surface area (Å²) in [6, 6.07) is 13.5. The highest BCUT2D eigenvalue weighted by Crippen LogP contribution is 2.26. The lowest BCUT2D eigenvalue weighted by atomic mass is 10.1. The average Bonchev–Trinajstić information content (AvgIpc) is 3.13. The fraction of sp³-hybridized carbons (Fsp3) is 0.300. The molecule has 0 fully saturated rings. The van der Waals surface area contributed by atoms with Gasteiger partial charge in [-0.25, -0.2) is 0 Å². The summed E-state index contributed by atoms with van der Waals surface area (Å²) in [6.45, 7) is 2.23. The topological polar surface area (TPSA) is 62.4 Å². The molecule has 1 aliphatic rings. The first-order valence-electron chi connectivity index (χ1n) is 8.88. The summed E-state index contributed by atoms with van der Waals surface area (Å²) in [7, 11) is 0. The highest BCUT2D eigenvalue weighted by Gasteiger charge is 2.17. The fourth-order valence-corrected chi connectivity index (χ4v) is 3.18. The van der Waals surface area contributed by atoms with E-state index < -0.39 is 6.10 Å². The molecular formula is C20H22ClN3O2S. The van der Waals surface area contributed by atoms with E-state index in [-0.39, 0.29) is 5.91 Å². The van der Waals surface area contributed by atoms with Gasteiger partial charge in [-0.3, -0.25) is 15.6 Å². The Kier molecular flexibility index (Phi) is 6.53. The van der Waals surface area contributed by atoms with E-state index in [9.17, 15) is 4.79 Å². The molecule has 0 spiro atoms. The first-order valence-corrected chi connectivity index (χ1v) is 9.66. The normalized spacial score (nSPS) is 13.4. The number of thiocarbonyl (C=S) groups is 1. The van der Waals surface area contributed by atoms with Gasteiger partial charge < -0.3 is 10.1 Å². The van der Waals surface area contributed by atoms with Crippen molar-refractivity contribution in [1.29, 1.82) is 0 Å². The van der Waals surface area contributed by atoms with Crippen LogP contribution in [0.2, 0.25) is 5.02 Å². The fourth-order valence-electron chi connectivity index (χ4n) is 2.93. The van der Waals surface area contributed by atoms with Gasteiger partial charge in [0.15, 0.2) is 11.2 Å². The van der Waals surface area contributed by atoms with Gasteiger partial charge in [0.25, 0.3) is 5.91 Å². The minimum atomic E-state index is -0.643. The monoisotopic (exact) mass is 403 g/mol. The maximum absolute atomic E-state index is 12.2. The molecule has 0 saturated carbocycles. The van der Waals surface area contributed by atoms with Crippen molar-refractivity contribution in [2.45, 2.75) is 38.8 Å². The average molecular weight is 404 g/mol. The first-order chi connectivity index (χ1) is 13.0. The van der Waals surface area contributed by atoms with Gasteiger partial charge in [0.2, 0.25) is 0 Å². The third-order valence-corrected chi connectivity index (χ3v) is 4.92. The molecule has 142 valence electrons. The molecule has 0 bridgehead atoms. The van der Waals surface area contributed by atoms with E-state index in [0.717, 1.165) is 18.4 Å². The minimum absolute atomic E-state index is 0.300. The van der Waals surface area contributed by atoms with Gasteiger partial charge in [-0.15, -0.1) is 0 Å². The molecule has 3 rings (SSSR count). The number of fused-ring (bicyclic) bond motifs is 1. The summed E-state index contributed by atoms with van der Waals surface area (Å²) < 4.78 is 5.75. The van der Waals surface area contributed by atoms with Crippen LogP contribution in [-0.4, -0.2) is 17.1 Å². The van der Waals surface area contributed by atoms with Crippen LogP contribution >= 0.6 is 23.8 Å². The second-order valence-electron chi connectivity index (χ2n) is 6.47. The Bertz CT molecular complexity index is 826. The predicted molar refractivity (Wildman–Crippen MR) is 111 cm³/mol. The molecule has 2 aromatic carbocycles. The summed E-state index contributed by atoms with van der Waals surface area (Å²) in [5.41, 5.74) is 8.96. The molecule has 0 aromatic heterocycles. The number of amides is 1. The lowest BCUT2D eigenvalue weighted by molar-refractivity contribution is -0.127. The number of nitrogens with one attached hydrogen (secondary N) is 3. The molecule has 1 aliphatic carbocycles. The summed E-state index contributed by atoms with van der Waals surface area (Å²) in [5, 5.41) is 4.02. The number of carbonyl (C=O) groups is 1. The Balaban J connectivity index is 1.41. The molecular weight excluding hydrogens is 382 g/mol. The predicted octanol–water partition coefficient (Wildman–Crippen LogP) is 3.29. The van der Waals surface area contributed by atoms with E-state index in [1.54, 1.807) is 6.92 Å². The maximum Gasteiger partial charge on any atom is 0.279 e. The van der Waals surface area contributed by atoms with Crippen LogP contribution < -0.4 is 20.9 Å². The first kappa shape index (κ1) is 19.5. The smallest absolute Gasteiger partial charge is 0.279 e. The quantitative estimate of drug-likeness (QED) is 0.528. The zero-order valence-corrected chi connectivity index (χ0v) is 16.6. The van der Waals surface area contributed by atoms with E-state index in [1.165, 1.54) is 17.5 Å². The third kappa shape index (κ3) is 5.58. The van der Waals surface area contributed by atoms with Gasteiger partial charge >= 0.3 is 0 Å². The van der Waals surface area contributed by atoms with Crippen molar-refractivity contribution in [2.24, 2.45) is 0 Å². The molecule has 2 aromatic rings. The molecule has 0 aliphatic heterocycles. The van der Waals surface area contributed by atoms with Crippen molar-refractivity contribution >= 4 is 34.8 Å². The van der Waals surface area contributed by atoms with Gasteiger partial charge in [0.1, 0.15) is 5.75 Å². The highest BCUT2D eigenvalue weighted by molar-refractivity contribution is 7.80. The van der Waals surface area contributed by atoms with E-state index in [1.807, 2.05) is 36.4 Å². The van der Waals surface area contributed by atoms with Crippen LogP contribution in [0.3, 0.4) is 0 Å². The third-order valence-electron chi connectivity index (χ3n) is 4.42. The van der Waals surface area contributed by atoms with Crippen LogP contribution in [0.25, 0.3) is 0 Å². The molecule has 0 radical (unpaired) electrons. The largest absolute Gasteiger partial charge is 0.481 e. The van der Waals surface area contributed by atoms with Crippen LogP contribution in [0.1, 0.15) is 30.0 Å². The van der Waals surface area contributed by atoms with Crippen molar-refractivity contribution in [3.8, 4) is 5.75 Å². The molecule has 3 N–H and O–H groups in total. The number of rotatable bonds is 5. The summed E-state index contributed by atoms with van der Waals surface area (Å²) >= 11 is 11.0. The molecule has 0 heterocycles. The molecule has 1 amide bonds. The highest BCUT2D eigenvalue weighted by atomic mass is 35.5. The number of benzene rings is 2. The standard InChI is InChI=1S/C20H22ClN3O2S/c1-13(26-18-10-7-15-3-2-4-16(15)11-18)19(25)23-24-20(27)22-12-14-5-8-17(21)9-6-14/h5-11,13H,2-4,12H2,1H3,(H,23,25)(H2,22,24,27)/t13-/m1/s1. The van der Waals surface area contributed by atoms with Crippen molar-refractivity contribution in [2.75, 3.05) is 0 Å². The molecule has 1 atom stereocenters. The Morgan fingerprint density at radius 1 is 1.15 bits per heavy atom. The maximum atomic E-state index is 12.2. The number of aryl methyl sites for hydroxylation is 2. The lowest BCUT2D eigenvalue weighted by Gasteiger charge is -2.17. The van der Waals surface area contributed by atoms with Crippen molar-refractivity contribution in [3.05, 3.63) is 64.2 Å². The molecule has 27 heavy (non-hydrogen) atoms. The number of halogens is 1. The SMILES string of the molecule is C[C@@H](Oc1ccc2c(c1)CCC2)C(=O)NNC(=S)NCc1ccc(Cl)cc1. The lowest BCUT2D eigenvalue weighted by Crippen LogP contribution is -2.50. The Morgan fingerprint density at radius 3 is 2.67 bits per heavy atom. The van der Waals surface area contributed by atoms with Gasteiger partial charge in [-0.2, -0.15) is 0 Å². The van der Waals surface area contributed by atoms with E-state index >= 15 is 0 Å². The zero-order valence-electron chi connectivity index (χ0n) is 15.0. The van der Waals surface area contributed by atoms with Gasteiger partial charge in [-0.1, -0.05) is 29.8 Å². The van der Waals surface area contributed by atoms with Crippen molar-refractivity contribution in [1.82, 2.24) is 16.2 Å². The second-order valence-corrected chi connectivity index (χ2v) is 7.31. The summed E-state index contributed by atoms with van der Waals surface area (Å²) in [5.74, 6) is 0.410. The molecule has 5 nitrogen and oxygen atoms in total. The summed E-state index contributed by atoms with van der Waals surface area (Å²) in [6.07, 6.45) is 2.73. The molecule has 0 saturated heterocycles. The van der Waals surface area contributed by atoms with Crippen LogP contribution in [0.4, 0.5) is 0 Å². The number of hydrogen-bond donors (Lipinski definition) is 3. The van der Waals surface area contributed by atoms with E-state index in [2.05, 4.69) is 22.2 Å². The van der Waals surface area contributed by atoms with Crippen LogP contribution in [0.15, 0.2) is 42.5 Å². The van der Waals surface area contributed by atoms with E-state index in [4.69, 9.17) is 28.6 Å². The number of ether oxygens (including phenoxy) is 1. The van der Waals surface area contributed by atoms with Crippen molar-refractivity contribution in [3.63, 3.8) is 0 Å². The van der Waals surface area contributed by atoms with Gasteiger partial charge in [-0.05, 0) is 79.4 Å². The van der Waals surface area contributed by atoms with Crippen LogP contribution in [-0.2, 0) is 24.2 Å².